The molecular formula is C21H33Cl2N3O. The molecule has 4 rings (SSSR count). The molecule has 4 nitrogen and oxygen atoms in total. The van der Waals surface area contributed by atoms with E-state index < -0.39 is 0 Å². The zero-order valence-corrected chi connectivity index (χ0v) is 17.6. The lowest BCUT2D eigenvalue weighted by Crippen LogP contribution is -2.46. The zero-order valence-electron chi connectivity index (χ0n) is 16.0. The number of hydrogen-bond donors (Lipinski definition) is 2. The third-order valence-corrected chi connectivity index (χ3v) is 6.60. The quantitative estimate of drug-likeness (QED) is 0.777. The highest BCUT2D eigenvalue weighted by atomic mass is 35.5. The van der Waals surface area contributed by atoms with Crippen LogP contribution in [-0.4, -0.2) is 43.0 Å². The summed E-state index contributed by atoms with van der Waals surface area (Å²) in [5.74, 6) is 0.591. The zero-order chi connectivity index (χ0) is 17.1. The molecule has 2 atom stereocenters. The summed E-state index contributed by atoms with van der Waals surface area (Å²) in [4.78, 5) is 15.2. The molecule has 0 aromatic heterocycles. The number of nitrogens with one attached hydrogen (secondary N) is 2. The molecule has 2 N–H and O–H groups in total. The Labute approximate surface area is 175 Å². The maximum absolute atomic E-state index is 12.6. The Balaban J connectivity index is 0.00000131. The molecule has 0 radical (unpaired) electrons. The predicted octanol–water partition coefficient (Wildman–Crippen LogP) is 3.39. The highest BCUT2D eigenvalue weighted by Gasteiger charge is 2.57. The van der Waals surface area contributed by atoms with E-state index >= 15 is 0 Å². The number of benzene rings is 1. The summed E-state index contributed by atoms with van der Waals surface area (Å²) in [6, 6.07) is 11.2. The first-order chi connectivity index (χ1) is 12.3. The van der Waals surface area contributed by atoms with Crippen LogP contribution in [-0.2, 0) is 11.3 Å². The summed E-state index contributed by atoms with van der Waals surface area (Å²) < 4.78 is 0. The maximum atomic E-state index is 12.6. The number of nitrogens with zero attached hydrogens (tertiary/aromatic N) is 1. The van der Waals surface area contributed by atoms with Gasteiger partial charge in [-0.15, -0.1) is 24.8 Å². The lowest BCUT2D eigenvalue weighted by Gasteiger charge is -2.36. The first kappa shape index (κ1) is 22.5. The van der Waals surface area contributed by atoms with E-state index in [0.717, 1.165) is 39.1 Å². The molecule has 6 heteroatoms. The molecule has 1 aromatic rings. The van der Waals surface area contributed by atoms with Gasteiger partial charge in [0.2, 0.25) is 5.91 Å². The molecule has 2 heterocycles. The van der Waals surface area contributed by atoms with Crippen LogP contribution in [0.5, 0.6) is 0 Å². The van der Waals surface area contributed by atoms with Crippen LogP contribution < -0.4 is 10.6 Å². The number of rotatable bonds is 5. The number of amides is 1. The predicted molar refractivity (Wildman–Crippen MR) is 115 cm³/mol. The van der Waals surface area contributed by atoms with Gasteiger partial charge < -0.3 is 10.6 Å². The molecule has 1 amide bonds. The number of carbonyl (C=O) groups excluding carboxylic acids is 1. The summed E-state index contributed by atoms with van der Waals surface area (Å²) in [7, 11) is 0. The average molecular weight is 414 g/mol. The normalized spacial score (nSPS) is 26.5. The lowest BCUT2D eigenvalue weighted by atomic mass is 9.91. The third-order valence-electron chi connectivity index (χ3n) is 6.60. The van der Waals surface area contributed by atoms with Crippen LogP contribution in [0.1, 0.15) is 44.1 Å². The monoisotopic (exact) mass is 413 g/mol. The molecule has 27 heavy (non-hydrogen) atoms. The van der Waals surface area contributed by atoms with E-state index in [1.807, 2.05) is 0 Å². The van der Waals surface area contributed by atoms with Gasteiger partial charge in [0, 0.05) is 25.0 Å². The molecule has 1 spiro atoms. The summed E-state index contributed by atoms with van der Waals surface area (Å²) in [5.41, 5.74) is 1.71. The molecule has 152 valence electrons. The molecule has 3 aliphatic rings. The van der Waals surface area contributed by atoms with E-state index in [9.17, 15) is 4.79 Å². The van der Waals surface area contributed by atoms with Crippen molar-refractivity contribution in [2.75, 3.05) is 26.2 Å². The van der Waals surface area contributed by atoms with E-state index in [0.29, 0.717) is 17.4 Å². The summed E-state index contributed by atoms with van der Waals surface area (Å²) >= 11 is 0. The van der Waals surface area contributed by atoms with E-state index in [1.54, 1.807) is 0 Å². The van der Waals surface area contributed by atoms with Gasteiger partial charge in [-0.25, -0.2) is 0 Å². The molecule has 2 aliphatic heterocycles. The van der Waals surface area contributed by atoms with E-state index in [2.05, 4.69) is 45.9 Å². The fourth-order valence-corrected chi connectivity index (χ4v) is 4.85. The van der Waals surface area contributed by atoms with Crippen LogP contribution in [0.15, 0.2) is 30.3 Å². The third kappa shape index (κ3) is 5.38. The topological polar surface area (TPSA) is 44.4 Å². The van der Waals surface area contributed by atoms with E-state index in [4.69, 9.17) is 0 Å². The number of likely N-dealkylation sites (tertiary alicyclic amines) is 1. The Hall–Kier alpha value is -0.810. The summed E-state index contributed by atoms with van der Waals surface area (Å²) in [5, 5.41) is 6.71. The number of piperidine rings is 2. The van der Waals surface area contributed by atoms with Crippen molar-refractivity contribution in [1.29, 1.82) is 0 Å². The molecular weight excluding hydrogens is 381 g/mol. The fourth-order valence-electron chi connectivity index (χ4n) is 4.85. The standard InChI is InChI=1S/C21H31N3O.2ClH/c25-20(19-14-21(19)9-11-22-12-10-21)23-15-18-8-4-5-13-24(18)16-17-6-2-1-3-7-17;;/h1-3,6-7,18-19,22H,4-5,8-16H2,(H,23,25);2*1H. The Morgan fingerprint density at radius 2 is 1.89 bits per heavy atom. The van der Waals surface area contributed by atoms with Gasteiger partial charge in [0.15, 0.2) is 0 Å². The number of carbonyl (C=O) groups is 1. The Morgan fingerprint density at radius 3 is 2.63 bits per heavy atom. The van der Waals surface area contributed by atoms with Crippen molar-refractivity contribution in [2.24, 2.45) is 11.3 Å². The molecule has 3 fully saturated rings. The van der Waals surface area contributed by atoms with Gasteiger partial charge in [0.25, 0.3) is 0 Å². The van der Waals surface area contributed by atoms with Crippen molar-refractivity contribution in [1.82, 2.24) is 15.5 Å². The minimum absolute atomic E-state index is 0. The second kappa shape index (κ2) is 10.1. The van der Waals surface area contributed by atoms with Gasteiger partial charge in [-0.3, -0.25) is 9.69 Å². The van der Waals surface area contributed by atoms with Crippen LogP contribution in [0, 0.1) is 11.3 Å². The molecule has 2 unspecified atom stereocenters. The van der Waals surface area contributed by atoms with Gasteiger partial charge in [-0.1, -0.05) is 36.8 Å². The summed E-state index contributed by atoms with van der Waals surface area (Å²) in [6.07, 6.45) is 7.22. The van der Waals surface area contributed by atoms with Gasteiger partial charge >= 0.3 is 0 Å². The lowest BCUT2D eigenvalue weighted by molar-refractivity contribution is -0.123. The van der Waals surface area contributed by atoms with Gasteiger partial charge in [-0.2, -0.15) is 0 Å². The van der Waals surface area contributed by atoms with Crippen LogP contribution in [0.2, 0.25) is 0 Å². The van der Waals surface area contributed by atoms with Gasteiger partial charge in [-0.05, 0) is 62.7 Å². The Morgan fingerprint density at radius 1 is 1.15 bits per heavy atom. The van der Waals surface area contributed by atoms with E-state index in [-0.39, 0.29) is 30.7 Å². The fraction of sp³-hybridized carbons (Fsp3) is 0.667. The second-order valence-electron chi connectivity index (χ2n) is 8.22. The van der Waals surface area contributed by atoms with Crippen LogP contribution in [0.3, 0.4) is 0 Å². The first-order valence-electron chi connectivity index (χ1n) is 10.0. The first-order valence-corrected chi connectivity index (χ1v) is 10.0. The van der Waals surface area contributed by atoms with Crippen molar-refractivity contribution < 1.29 is 4.79 Å². The van der Waals surface area contributed by atoms with Crippen LogP contribution >= 0.6 is 24.8 Å². The minimum Gasteiger partial charge on any atom is -0.354 e. The van der Waals surface area contributed by atoms with E-state index in [1.165, 1.54) is 37.7 Å². The molecule has 1 aromatic carbocycles. The Bertz CT molecular complexity index is 592. The minimum atomic E-state index is 0. The van der Waals surface area contributed by atoms with Crippen molar-refractivity contribution in [3.8, 4) is 0 Å². The van der Waals surface area contributed by atoms with Crippen LogP contribution in [0.25, 0.3) is 0 Å². The van der Waals surface area contributed by atoms with Gasteiger partial charge in [0.05, 0.1) is 0 Å². The smallest absolute Gasteiger partial charge is 0.223 e. The molecule has 1 saturated carbocycles. The maximum Gasteiger partial charge on any atom is 0.223 e. The van der Waals surface area contributed by atoms with Crippen molar-refractivity contribution >= 4 is 30.7 Å². The number of halogens is 2. The van der Waals surface area contributed by atoms with Crippen molar-refractivity contribution in [3.05, 3.63) is 35.9 Å². The Kier molecular flexibility index (Phi) is 8.41. The molecule has 2 saturated heterocycles. The molecule has 0 bridgehead atoms. The largest absolute Gasteiger partial charge is 0.354 e. The number of hydrogen-bond acceptors (Lipinski definition) is 3. The molecule has 1 aliphatic carbocycles. The second-order valence-corrected chi connectivity index (χ2v) is 8.22. The van der Waals surface area contributed by atoms with Crippen molar-refractivity contribution in [3.63, 3.8) is 0 Å². The highest BCUT2D eigenvalue weighted by Crippen LogP contribution is 2.58. The average Bonchev–Trinajstić information content (AvgIpc) is 3.35. The van der Waals surface area contributed by atoms with Crippen molar-refractivity contribution in [2.45, 2.75) is 51.1 Å². The van der Waals surface area contributed by atoms with Crippen LogP contribution in [0.4, 0.5) is 0 Å². The highest BCUT2D eigenvalue weighted by molar-refractivity contribution is 5.85. The SMILES string of the molecule is Cl.Cl.O=C(NCC1CCCCN1Cc1ccccc1)C1CC12CCNCC2. The summed E-state index contributed by atoms with van der Waals surface area (Å²) in [6.45, 7) is 5.12. The van der Waals surface area contributed by atoms with Gasteiger partial charge in [0.1, 0.15) is 0 Å².